The number of ether oxygens (including phenoxy) is 2. The molecule has 0 spiro atoms. The molecule has 0 fully saturated rings. The van der Waals surface area contributed by atoms with Crippen LogP contribution in [0.3, 0.4) is 0 Å². The van der Waals surface area contributed by atoms with Crippen LogP contribution in [0.1, 0.15) is 27.7 Å². The van der Waals surface area contributed by atoms with Gasteiger partial charge in [-0.1, -0.05) is 0 Å². The number of hydrogen-bond acceptors (Lipinski definition) is 6. The van der Waals surface area contributed by atoms with Crippen molar-refractivity contribution in [2.24, 2.45) is 0 Å². The molecule has 0 aromatic carbocycles. The molecule has 0 aliphatic rings. The molecule has 0 aromatic rings. The number of carbonyl (C=O) groups excluding carboxylic acids is 3. The maximum atomic E-state index is 11.7. The summed E-state index contributed by atoms with van der Waals surface area (Å²) in [4.78, 5) is 33.2. The second kappa shape index (κ2) is 8.97. The molecule has 0 saturated carbocycles. The summed E-state index contributed by atoms with van der Waals surface area (Å²) in [5.41, 5.74) is -0.203. The largest absolute Gasteiger partial charge is 0.444 e. The van der Waals surface area contributed by atoms with E-state index in [1.807, 2.05) is 0 Å². The maximum Gasteiger partial charge on any atom is 0.408 e. The number of methoxy groups -OCH3 is 1. The van der Waals surface area contributed by atoms with Gasteiger partial charge in [-0.2, -0.15) is 0 Å². The van der Waals surface area contributed by atoms with Gasteiger partial charge in [0.1, 0.15) is 29.2 Å². The van der Waals surface area contributed by atoms with Gasteiger partial charge in [0.15, 0.2) is 0 Å². The van der Waals surface area contributed by atoms with E-state index in [0.29, 0.717) is 5.57 Å². The number of rotatable bonds is 7. The molecule has 1 atom stereocenters. The van der Waals surface area contributed by atoms with Crippen LogP contribution in [0.15, 0.2) is 11.3 Å². The van der Waals surface area contributed by atoms with Crippen LogP contribution in [-0.2, 0) is 19.1 Å². The van der Waals surface area contributed by atoms with E-state index in [-0.39, 0.29) is 18.8 Å². The molecule has 0 radical (unpaired) electrons. The fraction of sp³-hybridized carbons (Fsp3) is 0.643. The fourth-order valence-corrected chi connectivity index (χ4v) is 1.31. The Morgan fingerprint density at radius 2 is 1.86 bits per heavy atom. The predicted molar refractivity (Wildman–Crippen MR) is 77.1 cm³/mol. The van der Waals surface area contributed by atoms with Crippen molar-refractivity contribution in [3.8, 4) is 0 Å². The SMILES string of the molecule is COC[C@H](NC(=O)OC(C)(C)C)C(=C=O)NCC(C)=C=O. The van der Waals surface area contributed by atoms with Gasteiger partial charge in [-0.15, -0.1) is 0 Å². The molecular weight excluding hydrogens is 276 g/mol. The smallest absolute Gasteiger partial charge is 0.408 e. The molecule has 0 aliphatic carbocycles. The Kier molecular flexibility index (Phi) is 8.09. The lowest BCUT2D eigenvalue weighted by molar-refractivity contribution is 0.0482. The van der Waals surface area contributed by atoms with E-state index in [1.165, 1.54) is 7.11 Å². The minimum Gasteiger partial charge on any atom is -0.444 e. The van der Waals surface area contributed by atoms with Gasteiger partial charge in [0.2, 0.25) is 0 Å². The van der Waals surface area contributed by atoms with Crippen molar-refractivity contribution in [2.45, 2.75) is 39.3 Å². The molecule has 118 valence electrons. The van der Waals surface area contributed by atoms with E-state index >= 15 is 0 Å². The quantitative estimate of drug-likeness (QED) is 0.669. The Morgan fingerprint density at radius 1 is 1.24 bits per heavy atom. The number of hydrogen-bond donors (Lipinski definition) is 2. The first-order valence-electron chi connectivity index (χ1n) is 6.41. The molecule has 0 unspecified atom stereocenters. The lowest BCUT2D eigenvalue weighted by atomic mass is 10.2. The van der Waals surface area contributed by atoms with Crippen LogP contribution in [-0.4, -0.2) is 49.9 Å². The average Bonchev–Trinajstić information content (AvgIpc) is 2.36. The third-order valence-corrected chi connectivity index (χ3v) is 2.20. The first-order valence-corrected chi connectivity index (χ1v) is 6.41. The summed E-state index contributed by atoms with van der Waals surface area (Å²) in [6.45, 7) is 6.93. The highest BCUT2D eigenvalue weighted by molar-refractivity contribution is 5.70. The molecule has 7 nitrogen and oxygen atoms in total. The zero-order valence-electron chi connectivity index (χ0n) is 13.0. The minimum absolute atomic E-state index is 0.0562. The van der Waals surface area contributed by atoms with E-state index < -0.39 is 17.7 Å². The van der Waals surface area contributed by atoms with Crippen LogP contribution in [0.25, 0.3) is 0 Å². The van der Waals surface area contributed by atoms with Gasteiger partial charge in [0.05, 0.1) is 6.61 Å². The van der Waals surface area contributed by atoms with Crippen LogP contribution >= 0.6 is 0 Å². The Morgan fingerprint density at radius 3 is 2.29 bits per heavy atom. The van der Waals surface area contributed by atoms with Crippen molar-refractivity contribution < 1.29 is 23.9 Å². The van der Waals surface area contributed by atoms with Crippen molar-refractivity contribution in [3.63, 3.8) is 0 Å². The summed E-state index contributed by atoms with van der Waals surface area (Å²) in [7, 11) is 1.43. The van der Waals surface area contributed by atoms with Crippen molar-refractivity contribution in [3.05, 3.63) is 11.3 Å². The van der Waals surface area contributed by atoms with Crippen molar-refractivity contribution in [1.82, 2.24) is 10.6 Å². The maximum absolute atomic E-state index is 11.7. The van der Waals surface area contributed by atoms with Gasteiger partial charge in [0, 0.05) is 19.2 Å². The number of carbonyl (C=O) groups is 1. The lowest BCUT2D eigenvalue weighted by Gasteiger charge is -2.24. The number of alkyl carbamates (subject to hydrolysis) is 1. The topological polar surface area (TPSA) is 93.7 Å². The molecule has 2 N–H and O–H groups in total. The van der Waals surface area contributed by atoms with Gasteiger partial charge in [-0.05, 0) is 27.7 Å². The highest BCUT2D eigenvalue weighted by Crippen LogP contribution is 2.07. The Labute approximate surface area is 124 Å². The van der Waals surface area contributed by atoms with Crippen molar-refractivity contribution >= 4 is 18.0 Å². The summed E-state index contributed by atoms with van der Waals surface area (Å²) in [6, 6.07) is -0.748. The first kappa shape index (κ1) is 18.9. The third-order valence-electron chi connectivity index (χ3n) is 2.20. The summed E-state index contributed by atoms with van der Waals surface area (Å²) in [5, 5.41) is 5.23. The van der Waals surface area contributed by atoms with Crippen LogP contribution in [0.4, 0.5) is 4.79 Å². The van der Waals surface area contributed by atoms with Crippen LogP contribution < -0.4 is 10.6 Å². The lowest BCUT2D eigenvalue weighted by Crippen LogP contribution is -2.45. The normalized spacial score (nSPS) is 11.7. The molecule has 1 amide bonds. The highest BCUT2D eigenvalue weighted by atomic mass is 16.6. The number of nitrogens with one attached hydrogen (secondary N) is 2. The summed E-state index contributed by atoms with van der Waals surface area (Å²) in [6.07, 6.45) is -0.679. The second-order valence-corrected chi connectivity index (χ2v) is 5.41. The van der Waals surface area contributed by atoms with Crippen molar-refractivity contribution in [2.75, 3.05) is 20.3 Å². The van der Waals surface area contributed by atoms with Crippen LogP contribution in [0.5, 0.6) is 0 Å². The zero-order chi connectivity index (χ0) is 16.5. The Bertz CT molecular complexity index is 454. The monoisotopic (exact) mass is 298 g/mol. The van der Waals surface area contributed by atoms with Crippen LogP contribution in [0.2, 0.25) is 0 Å². The van der Waals surface area contributed by atoms with Crippen molar-refractivity contribution in [1.29, 1.82) is 0 Å². The zero-order valence-corrected chi connectivity index (χ0v) is 13.0. The molecular formula is C14H22N2O5. The van der Waals surface area contributed by atoms with E-state index in [9.17, 15) is 14.4 Å². The minimum atomic E-state index is -0.748. The molecule has 0 rings (SSSR count). The van der Waals surface area contributed by atoms with Gasteiger partial charge >= 0.3 is 6.09 Å². The van der Waals surface area contributed by atoms with E-state index in [4.69, 9.17) is 9.47 Å². The Balaban J connectivity index is 4.81. The van der Waals surface area contributed by atoms with E-state index in [2.05, 4.69) is 10.6 Å². The van der Waals surface area contributed by atoms with E-state index in [1.54, 1.807) is 39.6 Å². The molecule has 0 saturated heterocycles. The van der Waals surface area contributed by atoms with Gasteiger partial charge in [0.25, 0.3) is 0 Å². The summed E-state index contributed by atoms with van der Waals surface area (Å²) in [5.74, 6) is 3.40. The fourth-order valence-electron chi connectivity index (χ4n) is 1.31. The molecule has 0 aromatic heterocycles. The second-order valence-electron chi connectivity index (χ2n) is 5.41. The standard InChI is InChI=1S/C14H22N2O5/c1-10(7-17)6-15-11(8-18)12(9-20-5)16-13(19)21-14(2,3)4/h12,15H,6,9H2,1-5H3,(H,16,19)/t12-/m0/s1. The molecule has 0 heterocycles. The van der Waals surface area contributed by atoms with E-state index in [0.717, 1.165) is 0 Å². The van der Waals surface area contributed by atoms with Gasteiger partial charge < -0.3 is 20.1 Å². The summed E-state index contributed by atoms with van der Waals surface area (Å²) >= 11 is 0. The van der Waals surface area contributed by atoms with Gasteiger partial charge in [-0.3, -0.25) is 0 Å². The predicted octanol–water partition coefficient (Wildman–Crippen LogP) is 0.609. The van der Waals surface area contributed by atoms with Gasteiger partial charge in [-0.25, -0.2) is 14.4 Å². The first-order chi connectivity index (χ1) is 9.73. The highest BCUT2D eigenvalue weighted by Gasteiger charge is 2.22. The average molecular weight is 298 g/mol. The Hall–Kier alpha value is -2.07. The summed E-state index contributed by atoms with van der Waals surface area (Å²) < 4.78 is 10.1. The molecule has 0 bridgehead atoms. The molecule has 7 heteroatoms. The third kappa shape index (κ3) is 8.65. The van der Waals surface area contributed by atoms with Crippen LogP contribution in [0, 0.1) is 0 Å². The number of amides is 1. The molecule has 0 aliphatic heterocycles. The molecule has 21 heavy (non-hydrogen) atoms.